The number of nitrogens with zero attached hydrogens (tertiary/aromatic N) is 2. The largest absolute Gasteiger partial charge is 0.478 e. The molecule has 0 saturated carbocycles. The average Bonchev–Trinajstić information content (AvgIpc) is 3.15. The van der Waals surface area contributed by atoms with Crippen LogP contribution in [0.3, 0.4) is 0 Å². The molecule has 1 aliphatic rings. The van der Waals surface area contributed by atoms with Crippen LogP contribution in [-0.4, -0.2) is 43.0 Å². The van der Waals surface area contributed by atoms with E-state index in [4.69, 9.17) is 13.6 Å². The second kappa shape index (κ2) is 19.7. The SMILES string of the molecule is CCCCCCCCCCCCCCCCN1C=CN(C)C1OP(=O)(OCCC)OCCC. The van der Waals surface area contributed by atoms with Gasteiger partial charge in [0.2, 0.25) is 6.35 Å². The van der Waals surface area contributed by atoms with Crippen molar-refractivity contribution >= 4 is 7.82 Å². The molecule has 1 atom stereocenters. The summed E-state index contributed by atoms with van der Waals surface area (Å²) < 4.78 is 29.9. The Kier molecular flexibility index (Phi) is 18.2. The summed E-state index contributed by atoms with van der Waals surface area (Å²) in [4.78, 5) is 4.01. The Hall–Kier alpha value is -0.550. The van der Waals surface area contributed by atoms with Gasteiger partial charge in [-0.15, -0.1) is 0 Å². The number of unbranched alkanes of at least 4 members (excludes halogenated alkanes) is 13. The first-order valence-corrected chi connectivity index (χ1v) is 15.3. The molecular weight excluding hydrogens is 435 g/mol. The summed E-state index contributed by atoms with van der Waals surface area (Å²) in [6.07, 6.45) is 24.0. The van der Waals surface area contributed by atoms with Crippen molar-refractivity contribution in [2.75, 3.05) is 26.8 Å². The maximum absolute atomic E-state index is 13.0. The molecular formula is C26H53N2O4P. The van der Waals surface area contributed by atoms with Crippen molar-refractivity contribution < 1.29 is 18.1 Å². The van der Waals surface area contributed by atoms with Crippen LogP contribution in [0.4, 0.5) is 0 Å². The van der Waals surface area contributed by atoms with E-state index in [2.05, 4.69) is 11.8 Å². The van der Waals surface area contributed by atoms with E-state index < -0.39 is 14.2 Å². The molecule has 196 valence electrons. The van der Waals surface area contributed by atoms with Gasteiger partial charge in [0.15, 0.2) is 0 Å². The van der Waals surface area contributed by atoms with E-state index in [1.165, 1.54) is 83.5 Å². The third-order valence-electron chi connectivity index (χ3n) is 6.03. The number of phosphoric acid groups is 1. The third-order valence-corrected chi connectivity index (χ3v) is 7.47. The fourth-order valence-electron chi connectivity index (χ4n) is 4.00. The second-order valence-corrected chi connectivity index (χ2v) is 11.0. The second-order valence-electron chi connectivity index (χ2n) is 9.34. The minimum Gasteiger partial charge on any atom is -0.337 e. The zero-order valence-corrected chi connectivity index (χ0v) is 23.0. The van der Waals surface area contributed by atoms with Gasteiger partial charge in [-0.2, -0.15) is 0 Å². The third kappa shape index (κ3) is 14.4. The van der Waals surface area contributed by atoms with E-state index >= 15 is 0 Å². The Balaban J connectivity index is 2.16. The molecule has 33 heavy (non-hydrogen) atoms. The van der Waals surface area contributed by atoms with Crippen molar-refractivity contribution in [2.24, 2.45) is 0 Å². The van der Waals surface area contributed by atoms with Crippen molar-refractivity contribution in [1.82, 2.24) is 9.80 Å². The van der Waals surface area contributed by atoms with Crippen molar-refractivity contribution in [2.45, 2.75) is 130 Å². The van der Waals surface area contributed by atoms with Gasteiger partial charge in [0.1, 0.15) is 0 Å². The van der Waals surface area contributed by atoms with E-state index in [1.807, 2.05) is 38.2 Å². The molecule has 0 saturated heterocycles. The highest BCUT2D eigenvalue weighted by molar-refractivity contribution is 7.48. The first kappa shape index (κ1) is 30.5. The maximum Gasteiger partial charge on any atom is 0.478 e. The highest BCUT2D eigenvalue weighted by atomic mass is 31.2. The lowest BCUT2D eigenvalue weighted by Gasteiger charge is -2.32. The molecule has 1 heterocycles. The molecule has 1 unspecified atom stereocenters. The Labute approximate surface area is 205 Å². The van der Waals surface area contributed by atoms with Gasteiger partial charge < -0.3 is 9.80 Å². The summed E-state index contributed by atoms with van der Waals surface area (Å²) in [5, 5.41) is 0. The predicted molar refractivity (Wildman–Crippen MR) is 139 cm³/mol. The van der Waals surface area contributed by atoms with Crippen molar-refractivity contribution in [3.8, 4) is 0 Å². The van der Waals surface area contributed by atoms with Crippen LogP contribution in [0.5, 0.6) is 0 Å². The molecule has 1 rings (SSSR count). The monoisotopic (exact) mass is 488 g/mol. The summed E-state index contributed by atoms with van der Waals surface area (Å²) in [5.74, 6) is 0. The predicted octanol–water partition coefficient (Wildman–Crippen LogP) is 8.45. The molecule has 0 fully saturated rings. The van der Waals surface area contributed by atoms with Gasteiger partial charge >= 0.3 is 7.82 Å². The Morgan fingerprint density at radius 1 is 0.667 bits per heavy atom. The van der Waals surface area contributed by atoms with E-state index in [0.717, 1.165) is 25.8 Å². The van der Waals surface area contributed by atoms with Crippen molar-refractivity contribution in [3.63, 3.8) is 0 Å². The fourth-order valence-corrected chi connectivity index (χ4v) is 5.51. The molecule has 1 aliphatic heterocycles. The van der Waals surface area contributed by atoms with Crippen molar-refractivity contribution in [1.29, 1.82) is 0 Å². The van der Waals surface area contributed by atoms with Crippen LogP contribution in [0, 0.1) is 0 Å². The molecule has 0 aromatic carbocycles. The quantitative estimate of drug-likeness (QED) is 0.106. The van der Waals surface area contributed by atoms with Gasteiger partial charge in [-0.3, -0.25) is 9.05 Å². The fraction of sp³-hybridized carbons (Fsp3) is 0.923. The molecule has 0 radical (unpaired) electrons. The Morgan fingerprint density at radius 3 is 1.58 bits per heavy atom. The van der Waals surface area contributed by atoms with Crippen LogP contribution in [0.25, 0.3) is 0 Å². The van der Waals surface area contributed by atoms with E-state index in [1.54, 1.807) is 0 Å². The normalized spacial score (nSPS) is 16.3. The number of phosphoric ester groups is 1. The zero-order chi connectivity index (χ0) is 24.2. The molecule has 0 aromatic heterocycles. The summed E-state index contributed by atoms with van der Waals surface area (Å²) >= 11 is 0. The maximum atomic E-state index is 13.0. The first-order valence-electron chi connectivity index (χ1n) is 13.8. The molecule has 0 bridgehead atoms. The lowest BCUT2D eigenvalue weighted by atomic mass is 10.0. The molecule has 0 N–H and O–H groups in total. The van der Waals surface area contributed by atoms with Crippen LogP contribution >= 0.6 is 7.82 Å². The molecule has 0 aromatic rings. The van der Waals surface area contributed by atoms with Gasteiger partial charge in [0.05, 0.1) is 13.2 Å². The minimum atomic E-state index is -3.57. The van der Waals surface area contributed by atoms with Crippen LogP contribution in [0.15, 0.2) is 12.4 Å². The van der Waals surface area contributed by atoms with Gasteiger partial charge in [0.25, 0.3) is 0 Å². The summed E-state index contributed by atoms with van der Waals surface area (Å²) in [6, 6.07) is 0. The standard InChI is InChI=1S/C26H53N2O4P/c1-5-8-9-10-11-12-13-14-15-16-17-18-19-20-21-28-23-22-27(4)26(28)32-33(29,30-24-6-2)31-25-7-3/h22-23,26H,5-21,24-25H2,1-4H3. The van der Waals surface area contributed by atoms with Crippen molar-refractivity contribution in [3.05, 3.63) is 12.4 Å². The Morgan fingerprint density at radius 2 is 1.12 bits per heavy atom. The van der Waals surface area contributed by atoms with Gasteiger partial charge in [-0.25, -0.2) is 9.09 Å². The molecule has 0 spiro atoms. The van der Waals surface area contributed by atoms with Gasteiger partial charge in [0, 0.05) is 26.0 Å². The van der Waals surface area contributed by atoms with Crippen LogP contribution in [-0.2, 0) is 18.1 Å². The highest BCUT2D eigenvalue weighted by Crippen LogP contribution is 2.51. The molecule has 7 heteroatoms. The average molecular weight is 489 g/mol. The number of hydrogen-bond donors (Lipinski definition) is 0. The van der Waals surface area contributed by atoms with E-state index in [0.29, 0.717) is 13.2 Å². The molecule has 6 nitrogen and oxygen atoms in total. The van der Waals surface area contributed by atoms with Gasteiger partial charge in [-0.1, -0.05) is 104 Å². The van der Waals surface area contributed by atoms with E-state index in [-0.39, 0.29) is 0 Å². The lowest BCUT2D eigenvalue weighted by Crippen LogP contribution is -2.39. The topological polar surface area (TPSA) is 51.2 Å². The van der Waals surface area contributed by atoms with Crippen LogP contribution in [0.2, 0.25) is 0 Å². The smallest absolute Gasteiger partial charge is 0.337 e. The lowest BCUT2D eigenvalue weighted by molar-refractivity contribution is -0.0460. The zero-order valence-electron chi connectivity index (χ0n) is 22.1. The van der Waals surface area contributed by atoms with Crippen LogP contribution < -0.4 is 0 Å². The van der Waals surface area contributed by atoms with Crippen LogP contribution in [0.1, 0.15) is 124 Å². The van der Waals surface area contributed by atoms with Gasteiger partial charge in [-0.05, 0) is 19.3 Å². The first-order chi connectivity index (χ1) is 16.1. The minimum absolute atomic E-state index is 0.365. The highest BCUT2D eigenvalue weighted by Gasteiger charge is 2.36. The Bertz CT molecular complexity index is 520. The summed E-state index contributed by atoms with van der Waals surface area (Å²) in [7, 11) is -1.65. The molecule has 0 amide bonds. The number of rotatable bonds is 23. The summed E-state index contributed by atoms with van der Waals surface area (Å²) in [5.41, 5.74) is 0. The van der Waals surface area contributed by atoms with E-state index in [9.17, 15) is 4.57 Å². The number of hydrogen-bond acceptors (Lipinski definition) is 6. The summed E-state index contributed by atoms with van der Waals surface area (Å²) in [6.45, 7) is 7.85. The molecule has 0 aliphatic carbocycles.